The number of aromatic nitrogens is 5. The number of amides is 1. The molecule has 0 aliphatic rings. The Labute approximate surface area is 166 Å². The Hall–Kier alpha value is -4.01. The maximum atomic E-state index is 12.3. The van der Waals surface area contributed by atoms with Crippen LogP contribution in [0.25, 0.3) is 11.5 Å². The largest absolute Gasteiger partial charge is 0.497 e. The van der Waals surface area contributed by atoms with Gasteiger partial charge in [-0.15, -0.1) is 5.10 Å². The quantitative estimate of drug-likeness (QED) is 0.539. The zero-order chi connectivity index (χ0) is 20.2. The molecule has 4 aromatic rings. The number of ether oxygens (including phenoxy) is 1. The lowest BCUT2D eigenvalue weighted by Gasteiger charge is -2.03. The number of hydrogen-bond donors (Lipinski definition) is 1. The van der Waals surface area contributed by atoms with E-state index in [0.717, 1.165) is 5.56 Å². The van der Waals surface area contributed by atoms with Crippen LogP contribution in [0.1, 0.15) is 21.8 Å². The van der Waals surface area contributed by atoms with Gasteiger partial charge in [0, 0.05) is 5.69 Å². The highest BCUT2D eigenvalue weighted by atomic mass is 16.5. The molecule has 0 aliphatic heterocycles. The summed E-state index contributed by atoms with van der Waals surface area (Å²) in [5.74, 6) is 0.210. The van der Waals surface area contributed by atoms with Crippen LogP contribution in [0, 0.1) is 6.92 Å². The molecule has 0 spiro atoms. The average molecular weight is 390 g/mol. The van der Waals surface area contributed by atoms with Crippen LogP contribution in [0.5, 0.6) is 5.75 Å². The minimum Gasteiger partial charge on any atom is -0.497 e. The molecule has 2 aromatic carbocycles. The summed E-state index contributed by atoms with van der Waals surface area (Å²) < 4.78 is 11.8. The maximum Gasteiger partial charge on any atom is 0.316 e. The first-order valence-electron chi connectivity index (χ1n) is 8.86. The van der Waals surface area contributed by atoms with E-state index >= 15 is 0 Å². The molecule has 0 fully saturated rings. The highest BCUT2D eigenvalue weighted by Crippen LogP contribution is 2.17. The predicted octanol–water partition coefficient (Wildman–Crippen LogP) is 2.95. The lowest BCUT2D eigenvalue weighted by Crippen LogP contribution is -2.12. The number of carbonyl (C=O) groups is 1. The summed E-state index contributed by atoms with van der Waals surface area (Å²) >= 11 is 0. The second-order valence-electron chi connectivity index (χ2n) is 6.39. The fraction of sp³-hybridized carbons (Fsp3) is 0.150. The van der Waals surface area contributed by atoms with Gasteiger partial charge in [0.15, 0.2) is 5.69 Å². The number of methoxy groups -OCH3 is 1. The van der Waals surface area contributed by atoms with Gasteiger partial charge in [-0.1, -0.05) is 40.2 Å². The molecule has 2 aromatic heterocycles. The molecular formula is C20H18N6O3. The van der Waals surface area contributed by atoms with Crippen LogP contribution < -0.4 is 10.1 Å². The number of anilines is 1. The normalized spacial score (nSPS) is 10.7. The topological polar surface area (TPSA) is 108 Å². The molecule has 146 valence electrons. The molecule has 0 saturated carbocycles. The average Bonchev–Trinajstić information content (AvgIpc) is 3.40. The smallest absolute Gasteiger partial charge is 0.316 e. The van der Waals surface area contributed by atoms with Gasteiger partial charge in [0.25, 0.3) is 0 Å². The Bertz CT molecular complexity index is 1120. The first-order valence-corrected chi connectivity index (χ1v) is 8.86. The molecular weight excluding hydrogens is 372 g/mol. The molecule has 9 nitrogen and oxygen atoms in total. The van der Waals surface area contributed by atoms with E-state index in [1.165, 1.54) is 5.56 Å². The monoisotopic (exact) mass is 390 g/mol. The Morgan fingerprint density at radius 2 is 1.90 bits per heavy atom. The number of benzene rings is 2. The van der Waals surface area contributed by atoms with Crippen LogP contribution in [0.4, 0.5) is 5.69 Å². The number of nitrogens with zero attached hydrogens (tertiary/aromatic N) is 5. The molecule has 29 heavy (non-hydrogen) atoms. The van der Waals surface area contributed by atoms with Crippen molar-refractivity contribution >= 4 is 11.6 Å². The van der Waals surface area contributed by atoms with Crippen molar-refractivity contribution in [1.29, 1.82) is 0 Å². The summed E-state index contributed by atoms with van der Waals surface area (Å²) in [4.78, 5) is 16.4. The molecule has 0 aliphatic carbocycles. The molecule has 0 saturated heterocycles. The van der Waals surface area contributed by atoms with Gasteiger partial charge in [-0.2, -0.15) is 4.98 Å². The second-order valence-corrected chi connectivity index (χ2v) is 6.39. The third-order valence-corrected chi connectivity index (χ3v) is 4.20. The molecule has 0 atom stereocenters. The van der Waals surface area contributed by atoms with E-state index in [-0.39, 0.29) is 11.7 Å². The van der Waals surface area contributed by atoms with E-state index in [9.17, 15) is 4.79 Å². The van der Waals surface area contributed by atoms with E-state index in [4.69, 9.17) is 9.26 Å². The van der Waals surface area contributed by atoms with E-state index in [0.29, 0.717) is 23.7 Å². The van der Waals surface area contributed by atoms with E-state index in [2.05, 4.69) is 25.8 Å². The van der Waals surface area contributed by atoms with Crippen molar-refractivity contribution in [2.45, 2.75) is 13.5 Å². The summed E-state index contributed by atoms with van der Waals surface area (Å²) in [6.45, 7) is 2.60. The molecule has 1 amide bonds. The highest BCUT2D eigenvalue weighted by Gasteiger charge is 2.18. The molecule has 1 N–H and O–H groups in total. The van der Waals surface area contributed by atoms with Crippen molar-refractivity contribution in [2.24, 2.45) is 0 Å². The van der Waals surface area contributed by atoms with Crippen molar-refractivity contribution < 1.29 is 14.1 Å². The summed E-state index contributed by atoms with van der Waals surface area (Å²) in [5.41, 5.74) is 3.30. The van der Waals surface area contributed by atoms with Crippen LogP contribution >= 0.6 is 0 Å². The van der Waals surface area contributed by atoms with Gasteiger partial charge >= 0.3 is 11.8 Å². The Morgan fingerprint density at radius 3 is 2.62 bits per heavy atom. The number of carbonyl (C=O) groups excluding carboxylic acids is 1. The van der Waals surface area contributed by atoms with Crippen LogP contribution in [0.2, 0.25) is 0 Å². The van der Waals surface area contributed by atoms with Crippen molar-refractivity contribution in [3.05, 3.63) is 71.7 Å². The second kappa shape index (κ2) is 7.93. The molecule has 2 heterocycles. The summed E-state index contributed by atoms with van der Waals surface area (Å²) in [7, 11) is 1.57. The summed E-state index contributed by atoms with van der Waals surface area (Å²) in [6.07, 6.45) is 1.70. The van der Waals surface area contributed by atoms with Crippen molar-refractivity contribution in [3.8, 4) is 17.3 Å². The predicted molar refractivity (Wildman–Crippen MR) is 105 cm³/mol. The molecule has 9 heteroatoms. The minimum atomic E-state index is -0.513. The van der Waals surface area contributed by atoms with E-state index in [1.807, 2.05) is 31.2 Å². The van der Waals surface area contributed by atoms with Gasteiger partial charge in [0.2, 0.25) is 5.82 Å². The number of rotatable bonds is 6. The minimum absolute atomic E-state index is 0.163. The third-order valence-electron chi connectivity index (χ3n) is 4.20. The zero-order valence-corrected chi connectivity index (χ0v) is 15.9. The zero-order valence-electron chi connectivity index (χ0n) is 15.9. The number of aryl methyl sites for hydroxylation is 1. The Kier molecular flexibility index (Phi) is 5.02. The summed E-state index contributed by atoms with van der Waals surface area (Å²) in [5, 5.41) is 14.6. The highest BCUT2D eigenvalue weighted by molar-refractivity contribution is 6.01. The van der Waals surface area contributed by atoms with Gasteiger partial charge in [-0.25, -0.2) is 4.68 Å². The van der Waals surface area contributed by atoms with Crippen molar-refractivity contribution in [1.82, 2.24) is 25.1 Å². The van der Waals surface area contributed by atoms with Gasteiger partial charge in [0.1, 0.15) is 5.75 Å². The van der Waals surface area contributed by atoms with Crippen molar-refractivity contribution in [2.75, 3.05) is 12.4 Å². The summed E-state index contributed by atoms with van der Waals surface area (Å²) in [6, 6.07) is 15.1. The van der Waals surface area contributed by atoms with Gasteiger partial charge in [-0.3, -0.25) is 4.79 Å². The fourth-order valence-corrected chi connectivity index (χ4v) is 2.64. The third kappa shape index (κ3) is 4.29. The van der Waals surface area contributed by atoms with Gasteiger partial charge < -0.3 is 14.6 Å². The van der Waals surface area contributed by atoms with Crippen LogP contribution in [0.3, 0.4) is 0 Å². The fourth-order valence-electron chi connectivity index (χ4n) is 2.64. The standard InChI is InChI=1S/C20H18N6O3/c1-13-3-5-14(6-4-13)11-26-12-17(23-25-26)18-22-20(29-24-18)19(27)21-15-7-9-16(28-2)10-8-15/h3-10,12H,11H2,1-2H3,(H,21,27). The molecule has 4 rings (SSSR count). The molecule has 0 unspecified atom stereocenters. The lowest BCUT2D eigenvalue weighted by molar-refractivity contribution is 0.0981. The van der Waals surface area contributed by atoms with Crippen LogP contribution in [-0.4, -0.2) is 38.2 Å². The van der Waals surface area contributed by atoms with Gasteiger partial charge in [-0.05, 0) is 36.8 Å². The van der Waals surface area contributed by atoms with E-state index in [1.54, 1.807) is 42.3 Å². The van der Waals surface area contributed by atoms with Gasteiger partial charge in [0.05, 0.1) is 19.9 Å². The number of nitrogens with one attached hydrogen (secondary N) is 1. The first kappa shape index (κ1) is 18.4. The Balaban J connectivity index is 1.43. The maximum absolute atomic E-state index is 12.3. The van der Waals surface area contributed by atoms with Crippen molar-refractivity contribution in [3.63, 3.8) is 0 Å². The van der Waals surface area contributed by atoms with Crippen LogP contribution in [0.15, 0.2) is 59.3 Å². The van der Waals surface area contributed by atoms with E-state index < -0.39 is 5.91 Å². The first-order chi connectivity index (χ1) is 14.1. The lowest BCUT2D eigenvalue weighted by atomic mass is 10.1. The molecule has 0 bridgehead atoms. The molecule has 0 radical (unpaired) electrons. The Morgan fingerprint density at radius 1 is 1.14 bits per heavy atom. The number of hydrogen-bond acceptors (Lipinski definition) is 7. The SMILES string of the molecule is COc1ccc(NC(=O)c2nc(-c3cn(Cc4ccc(C)cc4)nn3)no2)cc1. The van der Waals surface area contributed by atoms with Crippen LogP contribution in [-0.2, 0) is 6.54 Å².